The predicted octanol–water partition coefficient (Wildman–Crippen LogP) is 4.81. The molecular weight excluding hydrogens is 318 g/mol. The Bertz CT molecular complexity index is 648. The molecule has 2 nitrogen and oxygen atoms in total. The molecule has 1 spiro atoms. The molecular formula is C20H28BClO2. The lowest BCUT2D eigenvalue weighted by molar-refractivity contribution is -0.257. The molecule has 0 N–H and O–H groups in total. The van der Waals surface area contributed by atoms with Crippen molar-refractivity contribution in [3.63, 3.8) is 0 Å². The predicted molar refractivity (Wildman–Crippen MR) is 99.3 cm³/mol. The van der Waals surface area contributed by atoms with Crippen LogP contribution in [0.1, 0.15) is 58.1 Å². The highest BCUT2D eigenvalue weighted by Gasteiger charge is 2.76. The van der Waals surface area contributed by atoms with E-state index in [2.05, 4.69) is 52.0 Å². The van der Waals surface area contributed by atoms with Gasteiger partial charge in [0.05, 0.1) is 16.5 Å². The average Bonchev–Trinajstić information content (AvgIpc) is 2.91. The Morgan fingerprint density at radius 3 is 2.67 bits per heavy atom. The SMILES string of the molecule is CCc1cccc(C[C@@H](Cl)B2OC3(C)CCC4CC3(O2)C4(C)C)c1. The van der Waals surface area contributed by atoms with Crippen LogP contribution in [0.3, 0.4) is 0 Å². The van der Waals surface area contributed by atoms with Gasteiger partial charge in [-0.05, 0) is 61.5 Å². The summed E-state index contributed by atoms with van der Waals surface area (Å²) in [6.07, 6.45) is 5.30. The molecule has 0 amide bonds. The van der Waals surface area contributed by atoms with Crippen LogP contribution in [0.5, 0.6) is 0 Å². The molecule has 1 aromatic rings. The van der Waals surface area contributed by atoms with Crippen LogP contribution >= 0.6 is 11.6 Å². The maximum atomic E-state index is 6.77. The molecule has 5 rings (SSSR count). The summed E-state index contributed by atoms with van der Waals surface area (Å²) in [5, 5.41) is -0.149. The molecule has 4 heteroatoms. The summed E-state index contributed by atoms with van der Waals surface area (Å²) in [6.45, 7) is 9.11. The van der Waals surface area contributed by atoms with Crippen molar-refractivity contribution in [2.75, 3.05) is 0 Å². The molecule has 130 valence electrons. The fraction of sp³-hybridized carbons (Fsp3) is 0.700. The van der Waals surface area contributed by atoms with Gasteiger partial charge < -0.3 is 9.31 Å². The van der Waals surface area contributed by atoms with Crippen molar-refractivity contribution in [2.45, 2.75) is 76.3 Å². The van der Waals surface area contributed by atoms with Gasteiger partial charge in [-0.25, -0.2) is 0 Å². The first kappa shape index (κ1) is 16.9. The Kier molecular flexibility index (Phi) is 3.88. The van der Waals surface area contributed by atoms with Crippen molar-refractivity contribution < 1.29 is 9.31 Å². The zero-order valence-electron chi connectivity index (χ0n) is 15.3. The second kappa shape index (κ2) is 5.49. The van der Waals surface area contributed by atoms with Crippen LogP contribution in [-0.2, 0) is 22.2 Å². The topological polar surface area (TPSA) is 18.5 Å². The first-order valence-corrected chi connectivity index (χ1v) is 9.82. The third-order valence-corrected chi connectivity index (χ3v) is 7.60. The van der Waals surface area contributed by atoms with E-state index in [0.29, 0.717) is 0 Å². The Balaban J connectivity index is 1.52. The summed E-state index contributed by atoms with van der Waals surface area (Å²) in [6, 6.07) is 8.69. The standard InChI is InChI=1S/C20H28BClO2/c1-5-14-7-6-8-15(11-14)12-17(22)21-23-19(4)10-9-16-13-20(19,24-21)18(16,2)3/h6-8,11,16-17H,5,9-10,12-13H2,1-4H3/t16?,17-,19?,20?/m1/s1. The van der Waals surface area contributed by atoms with E-state index < -0.39 is 0 Å². The van der Waals surface area contributed by atoms with Gasteiger partial charge in [-0.15, -0.1) is 11.6 Å². The normalized spacial score (nSPS) is 37.7. The van der Waals surface area contributed by atoms with Gasteiger partial charge in [0.25, 0.3) is 0 Å². The van der Waals surface area contributed by atoms with Gasteiger partial charge in [0.15, 0.2) is 0 Å². The lowest BCUT2D eigenvalue weighted by Gasteiger charge is -2.69. The fourth-order valence-electron chi connectivity index (χ4n) is 5.48. The number of aryl methyl sites for hydroxylation is 1. The molecule has 1 saturated heterocycles. The molecule has 3 saturated carbocycles. The van der Waals surface area contributed by atoms with E-state index >= 15 is 0 Å². The zero-order chi connectivity index (χ0) is 17.2. The molecule has 3 unspecified atom stereocenters. The van der Waals surface area contributed by atoms with Crippen LogP contribution in [0.15, 0.2) is 24.3 Å². The highest BCUT2D eigenvalue weighted by atomic mass is 35.5. The van der Waals surface area contributed by atoms with Gasteiger partial charge >= 0.3 is 7.12 Å². The molecule has 1 heterocycles. The van der Waals surface area contributed by atoms with Gasteiger partial charge in [0.1, 0.15) is 0 Å². The van der Waals surface area contributed by atoms with E-state index in [1.807, 2.05) is 0 Å². The van der Waals surface area contributed by atoms with Crippen molar-refractivity contribution in [1.29, 1.82) is 0 Å². The molecule has 4 aliphatic rings. The molecule has 0 aromatic heterocycles. The Labute approximate surface area is 151 Å². The Morgan fingerprint density at radius 1 is 1.25 bits per heavy atom. The van der Waals surface area contributed by atoms with Crippen molar-refractivity contribution >= 4 is 18.7 Å². The average molecular weight is 347 g/mol. The number of benzene rings is 1. The van der Waals surface area contributed by atoms with Crippen LogP contribution in [0.4, 0.5) is 0 Å². The third-order valence-electron chi connectivity index (χ3n) is 7.24. The zero-order valence-corrected chi connectivity index (χ0v) is 16.0. The van der Waals surface area contributed by atoms with Crippen LogP contribution < -0.4 is 0 Å². The van der Waals surface area contributed by atoms with E-state index in [1.165, 1.54) is 17.5 Å². The van der Waals surface area contributed by atoms with E-state index in [0.717, 1.165) is 31.6 Å². The maximum Gasteiger partial charge on any atom is 0.477 e. The van der Waals surface area contributed by atoms with Crippen LogP contribution in [0.2, 0.25) is 0 Å². The van der Waals surface area contributed by atoms with E-state index in [-0.39, 0.29) is 29.0 Å². The summed E-state index contributed by atoms with van der Waals surface area (Å²) < 4.78 is 13.0. The van der Waals surface area contributed by atoms with Gasteiger partial charge in [0, 0.05) is 0 Å². The number of halogens is 1. The van der Waals surface area contributed by atoms with E-state index in [9.17, 15) is 0 Å². The molecule has 3 aliphatic carbocycles. The highest BCUT2D eigenvalue weighted by molar-refractivity contribution is 6.60. The molecule has 1 aliphatic heterocycles. The minimum absolute atomic E-state index is 0.147. The smallest absolute Gasteiger partial charge is 0.402 e. The monoisotopic (exact) mass is 346 g/mol. The van der Waals surface area contributed by atoms with Crippen molar-refractivity contribution in [3.8, 4) is 0 Å². The number of hydrogen-bond acceptors (Lipinski definition) is 2. The Morgan fingerprint density at radius 2 is 2.00 bits per heavy atom. The molecule has 2 bridgehead atoms. The van der Waals surface area contributed by atoms with Gasteiger partial charge in [-0.3, -0.25) is 0 Å². The van der Waals surface area contributed by atoms with Crippen LogP contribution in [0.25, 0.3) is 0 Å². The number of hydrogen-bond donors (Lipinski definition) is 0. The van der Waals surface area contributed by atoms with Crippen molar-refractivity contribution in [3.05, 3.63) is 35.4 Å². The lowest BCUT2D eigenvalue weighted by atomic mass is 9.41. The minimum atomic E-state index is -0.305. The minimum Gasteiger partial charge on any atom is -0.402 e. The van der Waals surface area contributed by atoms with Crippen molar-refractivity contribution in [1.82, 2.24) is 0 Å². The summed E-state index contributed by atoms with van der Waals surface area (Å²) in [7, 11) is -0.305. The first-order chi connectivity index (χ1) is 11.3. The van der Waals surface area contributed by atoms with Gasteiger partial charge in [-0.1, -0.05) is 45.0 Å². The summed E-state index contributed by atoms with van der Waals surface area (Å²) >= 11 is 6.77. The molecule has 4 atom stereocenters. The summed E-state index contributed by atoms with van der Waals surface area (Å²) in [5.41, 5.74) is 2.48. The fourth-order valence-corrected chi connectivity index (χ4v) is 5.76. The number of rotatable bonds is 4. The van der Waals surface area contributed by atoms with Crippen molar-refractivity contribution in [2.24, 2.45) is 11.3 Å². The summed E-state index contributed by atoms with van der Waals surface area (Å²) in [5.74, 6) is 0.767. The van der Waals surface area contributed by atoms with Crippen LogP contribution in [0, 0.1) is 11.3 Å². The molecule has 1 aromatic carbocycles. The summed E-state index contributed by atoms with van der Waals surface area (Å²) in [4.78, 5) is 0. The number of alkyl halides is 1. The second-order valence-corrected chi connectivity index (χ2v) is 9.28. The van der Waals surface area contributed by atoms with Crippen LogP contribution in [-0.4, -0.2) is 23.6 Å². The molecule has 24 heavy (non-hydrogen) atoms. The third kappa shape index (κ3) is 2.17. The maximum absolute atomic E-state index is 6.77. The Hall–Kier alpha value is -0.505. The largest absolute Gasteiger partial charge is 0.477 e. The highest BCUT2D eigenvalue weighted by Crippen LogP contribution is 2.70. The molecule has 0 radical (unpaired) electrons. The second-order valence-electron chi connectivity index (χ2n) is 8.72. The first-order valence-electron chi connectivity index (χ1n) is 9.39. The van der Waals surface area contributed by atoms with Gasteiger partial charge in [0.2, 0.25) is 0 Å². The number of fused-ring (bicyclic) bond motifs is 1. The quantitative estimate of drug-likeness (QED) is 0.575. The lowest BCUT2D eigenvalue weighted by Crippen LogP contribution is -2.73. The van der Waals surface area contributed by atoms with Gasteiger partial charge in [-0.2, -0.15) is 0 Å². The molecule has 4 fully saturated rings. The van der Waals surface area contributed by atoms with E-state index in [4.69, 9.17) is 20.9 Å². The van der Waals surface area contributed by atoms with E-state index in [1.54, 1.807) is 0 Å².